The first-order valence-electron chi connectivity index (χ1n) is 4.61. The van der Waals surface area contributed by atoms with Gasteiger partial charge in [-0.2, -0.15) is 0 Å². The Hall–Kier alpha value is -1.63. The van der Waals surface area contributed by atoms with Crippen LogP contribution in [0.15, 0.2) is 0 Å². The number of halogens is 4. The van der Waals surface area contributed by atoms with Gasteiger partial charge in [0.1, 0.15) is 0 Å². The van der Waals surface area contributed by atoms with Crippen molar-refractivity contribution < 1.29 is 32.6 Å². The fraction of sp³-hybridized carbons (Fsp3) is 0.300. The lowest BCUT2D eigenvalue weighted by atomic mass is 10.0. The Kier molecular flexibility index (Phi) is 2.57. The van der Waals surface area contributed by atoms with Crippen LogP contribution in [-0.4, -0.2) is 16.2 Å². The van der Waals surface area contributed by atoms with Gasteiger partial charge in [-0.25, -0.2) is 17.6 Å². The summed E-state index contributed by atoms with van der Waals surface area (Å²) < 4.78 is 52.3. The molecule has 3 nitrogen and oxygen atoms in total. The third kappa shape index (κ3) is 1.49. The standard InChI is InChI=1S/C10H6F4O3/c11-5-2-1-3(10(16)17)9(15)4(2)6(12)8(14)7(5)13/h3,9,15H,1H2,(H,16,17)/t3-,9-/m0/s1. The number of fused-ring (bicyclic) bond motifs is 1. The lowest BCUT2D eigenvalue weighted by molar-refractivity contribution is -0.145. The first-order valence-corrected chi connectivity index (χ1v) is 4.61. The minimum Gasteiger partial charge on any atom is -0.481 e. The van der Waals surface area contributed by atoms with Gasteiger partial charge in [0, 0.05) is 11.1 Å². The summed E-state index contributed by atoms with van der Waals surface area (Å²) in [6.45, 7) is 0. The van der Waals surface area contributed by atoms with E-state index in [0.717, 1.165) is 0 Å². The van der Waals surface area contributed by atoms with E-state index in [0.29, 0.717) is 0 Å². The zero-order valence-corrected chi connectivity index (χ0v) is 8.18. The Bertz CT molecular complexity index is 515. The third-order valence-corrected chi connectivity index (χ3v) is 2.82. The molecular weight excluding hydrogens is 244 g/mol. The molecule has 0 spiro atoms. The molecule has 7 heteroatoms. The number of carboxylic acid groups (broad SMARTS) is 1. The van der Waals surface area contributed by atoms with Gasteiger partial charge >= 0.3 is 5.97 Å². The first kappa shape index (κ1) is 11.8. The van der Waals surface area contributed by atoms with Gasteiger partial charge in [0.2, 0.25) is 0 Å². The molecule has 1 aromatic carbocycles. The summed E-state index contributed by atoms with van der Waals surface area (Å²) in [5, 5.41) is 18.1. The van der Waals surface area contributed by atoms with E-state index >= 15 is 0 Å². The van der Waals surface area contributed by atoms with Crippen molar-refractivity contribution in [3.63, 3.8) is 0 Å². The van der Waals surface area contributed by atoms with Gasteiger partial charge in [-0.1, -0.05) is 0 Å². The second-order valence-corrected chi connectivity index (χ2v) is 3.74. The number of aliphatic carboxylic acids is 1. The quantitative estimate of drug-likeness (QED) is 0.451. The molecule has 2 N–H and O–H groups in total. The smallest absolute Gasteiger partial charge is 0.309 e. The molecule has 2 atom stereocenters. The average molecular weight is 250 g/mol. The Morgan fingerprint density at radius 1 is 1.06 bits per heavy atom. The van der Waals surface area contributed by atoms with Crippen LogP contribution in [0.3, 0.4) is 0 Å². The second-order valence-electron chi connectivity index (χ2n) is 3.74. The number of carbonyl (C=O) groups is 1. The highest BCUT2D eigenvalue weighted by molar-refractivity contribution is 5.73. The number of hydrogen-bond donors (Lipinski definition) is 2. The lowest BCUT2D eigenvalue weighted by Gasteiger charge is -2.10. The van der Waals surface area contributed by atoms with Crippen molar-refractivity contribution >= 4 is 5.97 Å². The van der Waals surface area contributed by atoms with Crippen molar-refractivity contribution in [3.05, 3.63) is 34.4 Å². The highest BCUT2D eigenvalue weighted by Crippen LogP contribution is 2.40. The summed E-state index contributed by atoms with van der Waals surface area (Å²) >= 11 is 0. The second kappa shape index (κ2) is 3.69. The minimum absolute atomic E-state index is 0.578. The average Bonchev–Trinajstić information content (AvgIpc) is 2.62. The van der Waals surface area contributed by atoms with Crippen molar-refractivity contribution in [1.29, 1.82) is 0 Å². The molecular formula is C10H6F4O3. The largest absolute Gasteiger partial charge is 0.481 e. The van der Waals surface area contributed by atoms with E-state index in [9.17, 15) is 27.5 Å². The predicted molar refractivity (Wildman–Crippen MR) is 46.1 cm³/mol. The number of aliphatic hydroxyl groups is 1. The fourth-order valence-corrected chi connectivity index (χ4v) is 1.96. The molecule has 0 radical (unpaired) electrons. The van der Waals surface area contributed by atoms with E-state index in [1.54, 1.807) is 0 Å². The summed E-state index contributed by atoms with van der Waals surface area (Å²) in [6.07, 6.45) is -2.46. The molecule has 0 bridgehead atoms. The normalized spacial score (nSPS) is 22.6. The monoisotopic (exact) mass is 250 g/mol. The first-order chi connectivity index (χ1) is 7.86. The molecule has 1 aliphatic carbocycles. The fourth-order valence-electron chi connectivity index (χ4n) is 1.96. The van der Waals surface area contributed by atoms with E-state index in [2.05, 4.69) is 0 Å². The van der Waals surface area contributed by atoms with E-state index in [1.165, 1.54) is 0 Å². The number of hydrogen-bond acceptors (Lipinski definition) is 2. The van der Waals surface area contributed by atoms with Crippen LogP contribution in [0.4, 0.5) is 17.6 Å². The van der Waals surface area contributed by atoms with E-state index in [4.69, 9.17) is 5.11 Å². The maximum Gasteiger partial charge on any atom is 0.309 e. The molecule has 1 aromatic rings. The van der Waals surface area contributed by atoms with Gasteiger partial charge in [0.25, 0.3) is 0 Å². The van der Waals surface area contributed by atoms with Gasteiger partial charge in [0.15, 0.2) is 23.3 Å². The van der Waals surface area contributed by atoms with E-state index in [1.807, 2.05) is 0 Å². The molecule has 2 rings (SSSR count). The molecule has 0 amide bonds. The number of aliphatic hydroxyl groups excluding tert-OH is 1. The molecule has 0 saturated carbocycles. The minimum atomic E-state index is -2.05. The van der Waals surface area contributed by atoms with Crippen LogP contribution >= 0.6 is 0 Å². The maximum absolute atomic E-state index is 13.3. The zero-order valence-electron chi connectivity index (χ0n) is 8.18. The van der Waals surface area contributed by atoms with Crippen LogP contribution in [0.2, 0.25) is 0 Å². The van der Waals surface area contributed by atoms with Gasteiger partial charge in [0.05, 0.1) is 12.0 Å². The molecule has 92 valence electrons. The molecule has 0 aliphatic heterocycles. The highest BCUT2D eigenvalue weighted by Gasteiger charge is 2.42. The number of carboxylic acids is 1. The van der Waals surface area contributed by atoms with Crippen LogP contribution in [0.25, 0.3) is 0 Å². The molecule has 0 fully saturated rings. The summed E-state index contributed by atoms with van der Waals surface area (Å²) in [7, 11) is 0. The van der Waals surface area contributed by atoms with E-state index < -0.39 is 58.8 Å². The van der Waals surface area contributed by atoms with Crippen molar-refractivity contribution in [3.8, 4) is 0 Å². The topological polar surface area (TPSA) is 57.5 Å². The molecule has 0 saturated heterocycles. The van der Waals surface area contributed by atoms with Crippen LogP contribution in [0.1, 0.15) is 17.2 Å². The lowest BCUT2D eigenvalue weighted by Crippen LogP contribution is -2.18. The molecule has 0 heterocycles. The van der Waals surface area contributed by atoms with Crippen LogP contribution in [-0.2, 0) is 11.2 Å². The predicted octanol–water partition coefficient (Wildman–Crippen LogP) is 1.53. The molecule has 0 unspecified atom stereocenters. The van der Waals surface area contributed by atoms with Crippen LogP contribution < -0.4 is 0 Å². The molecule has 0 aromatic heterocycles. The van der Waals surface area contributed by atoms with Crippen molar-refractivity contribution in [2.24, 2.45) is 5.92 Å². The summed E-state index contributed by atoms with van der Waals surface area (Å²) in [4.78, 5) is 10.7. The Balaban J connectivity index is 2.67. The zero-order chi connectivity index (χ0) is 12.9. The van der Waals surface area contributed by atoms with Gasteiger partial charge in [-0.15, -0.1) is 0 Å². The number of benzene rings is 1. The highest BCUT2D eigenvalue weighted by atomic mass is 19.2. The Labute approximate surface area is 92.3 Å². The maximum atomic E-state index is 13.3. The Morgan fingerprint density at radius 3 is 2.12 bits per heavy atom. The van der Waals surface area contributed by atoms with Gasteiger partial charge in [-0.05, 0) is 6.42 Å². The van der Waals surface area contributed by atoms with Crippen molar-refractivity contribution in [2.75, 3.05) is 0 Å². The van der Waals surface area contributed by atoms with E-state index in [-0.39, 0.29) is 0 Å². The molecule has 1 aliphatic rings. The molecule has 17 heavy (non-hydrogen) atoms. The summed E-state index contributed by atoms with van der Waals surface area (Å²) in [6, 6.07) is 0. The van der Waals surface area contributed by atoms with Crippen molar-refractivity contribution in [1.82, 2.24) is 0 Å². The number of rotatable bonds is 1. The SMILES string of the molecule is O=C(O)[C@H]1Cc2c(F)c(F)c(F)c(F)c2[C@H]1O. The Morgan fingerprint density at radius 2 is 1.59 bits per heavy atom. The van der Waals surface area contributed by atoms with Crippen LogP contribution in [0, 0.1) is 29.2 Å². The van der Waals surface area contributed by atoms with Gasteiger partial charge < -0.3 is 10.2 Å². The van der Waals surface area contributed by atoms with Crippen molar-refractivity contribution in [2.45, 2.75) is 12.5 Å². The third-order valence-electron chi connectivity index (χ3n) is 2.82. The van der Waals surface area contributed by atoms with Crippen LogP contribution in [0.5, 0.6) is 0 Å². The summed E-state index contributed by atoms with van der Waals surface area (Å²) in [5.41, 5.74) is -1.44. The summed E-state index contributed by atoms with van der Waals surface area (Å²) in [5.74, 6) is -10.4. The van der Waals surface area contributed by atoms with Gasteiger partial charge in [-0.3, -0.25) is 4.79 Å².